The normalized spacial score (nSPS) is 20.7. The Morgan fingerprint density at radius 2 is 1.85 bits per heavy atom. The van der Waals surface area contributed by atoms with Gasteiger partial charge in [0.05, 0.1) is 37.2 Å². The summed E-state index contributed by atoms with van der Waals surface area (Å²) in [4.78, 5) is 42.3. The van der Waals surface area contributed by atoms with Gasteiger partial charge >= 0.3 is 5.97 Å². The molecule has 1 heterocycles. The van der Waals surface area contributed by atoms with Crippen molar-refractivity contribution in [2.24, 2.45) is 5.92 Å². The van der Waals surface area contributed by atoms with Gasteiger partial charge in [0.15, 0.2) is 5.69 Å². The Labute approximate surface area is 196 Å². The SMILES string of the molecule is COC(=O)C1CCC(NC(=O)c2nc3cc(C)c(C)cc3n(CC(O)C(O)C(O)CO)c2=O)C1. The maximum absolute atomic E-state index is 13.3. The molecule has 11 heteroatoms. The minimum atomic E-state index is -1.71. The molecule has 0 aliphatic heterocycles. The first kappa shape index (κ1) is 25.8. The first-order valence-electron chi connectivity index (χ1n) is 11.1. The Hall–Kier alpha value is -2.86. The summed E-state index contributed by atoms with van der Waals surface area (Å²) in [6.45, 7) is 2.48. The van der Waals surface area contributed by atoms with Crippen LogP contribution in [-0.2, 0) is 16.1 Å². The van der Waals surface area contributed by atoms with Crippen molar-refractivity contribution in [3.05, 3.63) is 39.3 Å². The van der Waals surface area contributed by atoms with Gasteiger partial charge in [0.1, 0.15) is 18.3 Å². The van der Waals surface area contributed by atoms with Gasteiger partial charge in [-0.05, 0) is 56.4 Å². The van der Waals surface area contributed by atoms with Crippen molar-refractivity contribution in [3.63, 3.8) is 0 Å². The molecule has 5 unspecified atom stereocenters. The fourth-order valence-electron chi connectivity index (χ4n) is 4.23. The second-order valence-electron chi connectivity index (χ2n) is 8.81. The lowest BCUT2D eigenvalue weighted by Gasteiger charge is -2.23. The third-order valence-corrected chi connectivity index (χ3v) is 6.42. The number of nitrogens with one attached hydrogen (secondary N) is 1. The minimum Gasteiger partial charge on any atom is -0.469 e. The number of methoxy groups -OCH3 is 1. The summed E-state index contributed by atoms with van der Waals surface area (Å²) in [5.41, 5.74) is 1.26. The molecule has 0 bridgehead atoms. The summed E-state index contributed by atoms with van der Waals surface area (Å²) < 4.78 is 5.89. The Morgan fingerprint density at radius 1 is 1.18 bits per heavy atom. The van der Waals surface area contributed by atoms with E-state index in [4.69, 9.17) is 9.84 Å². The molecular weight excluding hydrogens is 446 g/mol. The van der Waals surface area contributed by atoms with Crippen LogP contribution in [0.5, 0.6) is 0 Å². The number of amides is 1. The van der Waals surface area contributed by atoms with Gasteiger partial charge in [0, 0.05) is 6.04 Å². The number of carbonyl (C=O) groups excluding carboxylic acids is 2. The molecule has 5 N–H and O–H groups in total. The highest BCUT2D eigenvalue weighted by atomic mass is 16.5. The smallest absolute Gasteiger partial charge is 0.308 e. The molecule has 1 aliphatic carbocycles. The second kappa shape index (κ2) is 10.6. The number of aromatic nitrogens is 2. The van der Waals surface area contributed by atoms with Crippen molar-refractivity contribution < 1.29 is 34.8 Å². The fraction of sp³-hybridized carbons (Fsp3) is 0.565. The van der Waals surface area contributed by atoms with E-state index in [-0.39, 0.29) is 23.6 Å². The summed E-state index contributed by atoms with van der Waals surface area (Å²) in [5.74, 6) is -1.37. The highest BCUT2D eigenvalue weighted by molar-refractivity contribution is 5.94. The van der Waals surface area contributed by atoms with Gasteiger partial charge in [-0.25, -0.2) is 4.98 Å². The van der Waals surface area contributed by atoms with Gasteiger partial charge in [-0.2, -0.15) is 0 Å². The van der Waals surface area contributed by atoms with E-state index in [2.05, 4.69) is 10.3 Å². The fourth-order valence-corrected chi connectivity index (χ4v) is 4.23. The lowest BCUT2D eigenvalue weighted by atomic mass is 10.1. The number of aryl methyl sites for hydroxylation is 2. The Morgan fingerprint density at radius 3 is 2.50 bits per heavy atom. The molecule has 3 rings (SSSR count). The minimum absolute atomic E-state index is 0.322. The van der Waals surface area contributed by atoms with Crippen molar-refractivity contribution in [2.45, 2.75) is 64.0 Å². The number of hydrogen-bond acceptors (Lipinski definition) is 9. The average molecular weight is 478 g/mol. The molecule has 186 valence electrons. The molecule has 5 atom stereocenters. The number of fused-ring (bicyclic) bond motifs is 1. The van der Waals surface area contributed by atoms with E-state index >= 15 is 0 Å². The zero-order valence-corrected chi connectivity index (χ0v) is 19.4. The third-order valence-electron chi connectivity index (χ3n) is 6.42. The van der Waals surface area contributed by atoms with Crippen LogP contribution < -0.4 is 10.9 Å². The first-order valence-corrected chi connectivity index (χ1v) is 11.1. The van der Waals surface area contributed by atoms with E-state index < -0.39 is 42.9 Å². The molecule has 0 spiro atoms. The van der Waals surface area contributed by atoms with E-state index in [1.807, 2.05) is 13.8 Å². The van der Waals surface area contributed by atoms with Crippen LogP contribution >= 0.6 is 0 Å². The van der Waals surface area contributed by atoms with Crippen LogP contribution in [0.15, 0.2) is 16.9 Å². The van der Waals surface area contributed by atoms with Crippen molar-refractivity contribution in [3.8, 4) is 0 Å². The number of aliphatic hydroxyl groups excluding tert-OH is 4. The van der Waals surface area contributed by atoms with Crippen molar-refractivity contribution in [1.29, 1.82) is 0 Å². The van der Waals surface area contributed by atoms with E-state index in [0.717, 1.165) is 15.7 Å². The summed E-state index contributed by atoms with van der Waals surface area (Å²) in [6, 6.07) is 3.08. The van der Waals surface area contributed by atoms with Gasteiger partial charge in [-0.3, -0.25) is 14.4 Å². The number of benzene rings is 1. The van der Waals surface area contributed by atoms with Crippen molar-refractivity contribution in [1.82, 2.24) is 14.9 Å². The lowest BCUT2D eigenvalue weighted by Crippen LogP contribution is -2.44. The molecule has 1 aliphatic rings. The van der Waals surface area contributed by atoms with Crippen LogP contribution in [0.25, 0.3) is 11.0 Å². The Balaban J connectivity index is 1.97. The molecule has 1 saturated carbocycles. The predicted octanol–water partition coefficient (Wildman–Crippen LogP) is -0.840. The number of esters is 1. The quantitative estimate of drug-likeness (QED) is 0.304. The Bertz CT molecular complexity index is 1130. The Kier molecular flexibility index (Phi) is 8.03. The monoisotopic (exact) mass is 477 g/mol. The van der Waals surface area contributed by atoms with Crippen LogP contribution in [-0.4, -0.2) is 79.9 Å². The van der Waals surface area contributed by atoms with Gasteiger partial charge in [0.25, 0.3) is 11.5 Å². The van der Waals surface area contributed by atoms with Gasteiger partial charge in [-0.1, -0.05) is 0 Å². The van der Waals surface area contributed by atoms with Crippen LogP contribution in [0.1, 0.15) is 40.9 Å². The number of ether oxygens (including phenoxy) is 1. The molecule has 1 amide bonds. The molecule has 11 nitrogen and oxygen atoms in total. The molecule has 1 aromatic carbocycles. The highest BCUT2D eigenvalue weighted by Gasteiger charge is 2.33. The third kappa shape index (κ3) is 5.27. The average Bonchev–Trinajstić information content (AvgIpc) is 3.28. The summed E-state index contributed by atoms with van der Waals surface area (Å²) >= 11 is 0. The molecule has 0 saturated heterocycles. The maximum Gasteiger partial charge on any atom is 0.308 e. The van der Waals surface area contributed by atoms with Crippen LogP contribution in [0.2, 0.25) is 0 Å². The number of carbonyl (C=O) groups is 2. The summed E-state index contributed by atoms with van der Waals surface area (Å²) in [7, 11) is 1.31. The zero-order chi connectivity index (χ0) is 25.2. The molecule has 34 heavy (non-hydrogen) atoms. The first-order chi connectivity index (χ1) is 16.1. The standard InChI is InChI=1S/C23H31N3O8/c1-11-6-15-16(7-12(11)2)26(9-17(28)20(30)18(29)10-27)22(32)19(25-15)21(31)24-14-5-4-13(8-14)23(33)34-3/h6-7,13-14,17-18,20,27-30H,4-5,8-10H2,1-3H3,(H,24,31). The van der Waals surface area contributed by atoms with Crippen LogP contribution in [0, 0.1) is 19.8 Å². The predicted molar refractivity (Wildman–Crippen MR) is 121 cm³/mol. The van der Waals surface area contributed by atoms with Gasteiger partial charge in [-0.15, -0.1) is 0 Å². The highest BCUT2D eigenvalue weighted by Crippen LogP contribution is 2.26. The van der Waals surface area contributed by atoms with Gasteiger partial charge in [0.2, 0.25) is 0 Å². The summed E-state index contributed by atoms with van der Waals surface area (Å²) in [6.07, 6.45) is -3.41. The van der Waals surface area contributed by atoms with E-state index in [0.29, 0.717) is 30.3 Å². The van der Waals surface area contributed by atoms with Gasteiger partial charge < -0.3 is 35.0 Å². The lowest BCUT2D eigenvalue weighted by molar-refractivity contribution is -0.145. The molecule has 1 fully saturated rings. The maximum atomic E-state index is 13.3. The second-order valence-corrected chi connectivity index (χ2v) is 8.81. The van der Waals surface area contributed by atoms with Crippen LogP contribution in [0.4, 0.5) is 0 Å². The molecular formula is C23H31N3O8. The van der Waals surface area contributed by atoms with Crippen molar-refractivity contribution >= 4 is 22.9 Å². The molecule has 1 aromatic heterocycles. The number of nitrogens with zero attached hydrogens (tertiary/aromatic N) is 2. The number of aliphatic hydroxyl groups is 4. The molecule has 2 aromatic rings. The van der Waals surface area contributed by atoms with E-state index in [1.54, 1.807) is 12.1 Å². The number of hydrogen-bond donors (Lipinski definition) is 5. The largest absolute Gasteiger partial charge is 0.469 e. The zero-order valence-electron chi connectivity index (χ0n) is 19.4. The van der Waals surface area contributed by atoms with Crippen molar-refractivity contribution in [2.75, 3.05) is 13.7 Å². The molecule has 0 radical (unpaired) electrons. The number of rotatable bonds is 8. The topological polar surface area (TPSA) is 171 Å². The summed E-state index contributed by atoms with van der Waals surface area (Å²) in [5, 5.41) is 41.9. The van der Waals surface area contributed by atoms with E-state index in [1.165, 1.54) is 7.11 Å². The van der Waals surface area contributed by atoms with E-state index in [9.17, 15) is 29.7 Å². The van der Waals surface area contributed by atoms with Crippen LogP contribution in [0.3, 0.4) is 0 Å².